The number of amides is 3. The maximum Gasteiger partial charge on any atom is 0.408 e. The topological polar surface area (TPSA) is 87.7 Å². The van der Waals surface area contributed by atoms with Crippen molar-refractivity contribution in [2.45, 2.75) is 52.2 Å². The van der Waals surface area contributed by atoms with Gasteiger partial charge in [0.2, 0.25) is 5.91 Å². The molecule has 0 unspecified atom stereocenters. The molecule has 1 heterocycles. The van der Waals surface area contributed by atoms with Gasteiger partial charge in [-0.3, -0.25) is 9.59 Å². The summed E-state index contributed by atoms with van der Waals surface area (Å²) in [6.45, 7) is 8.27. The number of hydrogen-bond acceptors (Lipinski definition) is 4. The Hall–Kier alpha value is -2.57. The van der Waals surface area contributed by atoms with Gasteiger partial charge >= 0.3 is 6.09 Å². The molecule has 1 saturated heterocycles. The van der Waals surface area contributed by atoms with E-state index in [2.05, 4.69) is 10.6 Å². The molecule has 2 N–H and O–H groups in total. The van der Waals surface area contributed by atoms with Crippen LogP contribution in [0.15, 0.2) is 24.3 Å². The van der Waals surface area contributed by atoms with Crippen LogP contribution in [0.5, 0.6) is 0 Å². The van der Waals surface area contributed by atoms with Gasteiger partial charge in [-0.2, -0.15) is 0 Å². The second-order valence-electron chi connectivity index (χ2n) is 7.85. The number of aryl methyl sites for hydroxylation is 1. The average Bonchev–Trinajstić information content (AvgIpc) is 2.59. The van der Waals surface area contributed by atoms with E-state index in [-0.39, 0.29) is 24.4 Å². The van der Waals surface area contributed by atoms with E-state index in [4.69, 9.17) is 4.74 Å². The summed E-state index contributed by atoms with van der Waals surface area (Å²) in [5.41, 5.74) is 1.09. The van der Waals surface area contributed by atoms with E-state index in [1.165, 1.54) is 0 Å². The van der Waals surface area contributed by atoms with Gasteiger partial charge in [0.15, 0.2) is 0 Å². The Morgan fingerprint density at radius 1 is 1.19 bits per heavy atom. The van der Waals surface area contributed by atoms with E-state index in [1.807, 2.05) is 25.1 Å². The number of ether oxygens (including phenoxy) is 1. The molecule has 0 saturated carbocycles. The smallest absolute Gasteiger partial charge is 0.408 e. The molecule has 1 fully saturated rings. The van der Waals surface area contributed by atoms with Gasteiger partial charge in [-0.15, -0.1) is 0 Å². The maximum atomic E-state index is 12.3. The highest BCUT2D eigenvalue weighted by atomic mass is 16.6. The fourth-order valence-corrected chi connectivity index (χ4v) is 2.90. The number of nitrogens with zero attached hydrogens (tertiary/aromatic N) is 1. The first-order chi connectivity index (χ1) is 12.6. The first kappa shape index (κ1) is 20.7. The summed E-state index contributed by atoms with van der Waals surface area (Å²) in [6, 6.07) is 7.51. The van der Waals surface area contributed by atoms with E-state index >= 15 is 0 Å². The lowest BCUT2D eigenvalue weighted by Gasteiger charge is -2.32. The van der Waals surface area contributed by atoms with Gasteiger partial charge in [-0.05, 0) is 52.7 Å². The zero-order chi connectivity index (χ0) is 20.0. The molecular formula is C20H29N3O4. The lowest BCUT2D eigenvalue weighted by molar-refractivity contribution is -0.131. The summed E-state index contributed by atoms with van der Waals surface area (Å²) in [4.78, 5) is 37.9. The van der Waals surface area contributed by atoms with Crippen molar-refractivity contribution in [3.8, 4) is 0 Å². The highest BCUT2D eigenvalue weighted by Crippen LogP contribution is 2.12. The molecule has 1 aromatic carbocycles. The highest BCUT2D eigenvalue weighted by molar-refractivity contribution is 5.94. The average molecular weight is 375 g/mol. The molecule has 0 atom stereocenters. The van der Waals surface area contributed by atoms with Gasteiger partial charge in [0.25, 0.3) is 5.91 Å². The van der Waals surface area contributed by atoms with E-state index in [9.17, 15) is 14.4 Å². The standard InChI is InChI=1S/C20H29N3O4/c1-14-6-5-7-15(12-14)18(25)22-16-8-10-23(11-9-16)17(24)13-21-19(26)27-20(2,3)4/h5-7,12,16H,8-11,13H2,1-4H3,(H,21,26)(H,22,25). The summed E-state index contributed by atoms with van der Waals surface area (Å²) in [7, 11) is 0. The highest BCUT2D eigenvalue weighted by Gasteiger charge is 2.25. The predicted molar refractivity (Wildman–Crippen MR) is 102 cm³/mol. The molecule has 7 nitrogen and oxygen atoms in total. The van der Waals surface area contributed by atoms with Crippen LogP contribution in [-0.4, -0.2) is 54.1 Å². The first-order valence-corrected chi connectivity index (χ1v) is 9.26. The molecule has 148 valence electrons. The Morgan fingerprint density at radius 2 is 1.85 bits per heavy atom. The van der Waals surface area contributed by atoms with E-state index < -0.39 is 11.7 Å². The Balaban J connectivity index is 1.74. The van der Waals surface area contributed by atoms with Crippen LogP contribution in [-0.2, 0) is 9.53 Å². The number of nitrogens with one attached hydrogen (secondary N) is 2. The SMILES string of the molecule is Cc1cccc(C(=O)NC2CCN(C(=O)CNC(=O)OC(C)(C)C)CC2)c1. The Kier molecular flexibility index (Phi) is 6.82. The molecular weight excluding hydrogens is 346 g/mol. The van der Waals surface area contributed by atoms with Crippen LogP contribution in [0.1, 0.15) is 49.5 Å². The normalized spacial score (nSPS) is 15.2. The van der Waals surface area contributed by atoms with Crippen LogP contribution >= 0.6 is 0 Å². The minimum absolute atomic E-state index is 0.0425. The second-order valence-corrected chi connectivity index (χ2v) is 7.85. The van der Waals surface area contributed by atoms with Crippen molar-refractivity contribution in [3.05, 3.63) is 35.4 Å². The van der Waals surface area contributed by atoms with Gasteiger partial charge in [-0.25, -0.2) is 4.79 Å². The van der Waals surface area contributed by atoms with Crippen LogP contribution in [0.2, 0.25) is 0 Å². The molecule has 2 rings (SSSR count). The zero-order valence-corrected chi connectivity index (χ0v) is 16.5. The molecule has 0 spiro atoms. The van der Waals surface area contributed by atoms with Gasteiger partial charge in [0.05, 0.1) is 0 Å². The van der Waals surface area contributed by atoms with Gasteiger partial charge in [0.1, 0.15) is 12.1 Å². The number of rotatable bonds is 4. The number of alkyl carbamates (subject to hydrolysis) is 1. The summed E-state index contributed by atoms with van der Waals surface area (Å²) < 4.78 is 5.12. The lowest BCUT2D eigenvalue weighted by Crippen LogP contribution is -2.49. The first-order valence-electron chi connectivity index (χ1n) is 9.26. The fourth-order valence-electron chi connectivity index (χ4n) is 2.90. The van der Waals surface area contributed by atoms with Crippen molar-refractivity contribution in [2.75, 3.05) is 19.6 Å². The van der Waals surface area contributed by atoms with E-state index in [1.54, 1.807) is 31.7 Å². The van der Waals surface area contributed by atoms with E-state index in [0.717, 1.165) is 5.56 Å². The molecule has 1 aromatic rings. The number of hydrogen-bond donors (Lipinski definition) is 2. The predicted octanol–water partition coefficient (Wildman–Crippen LogP) is 2.24. The maximum absolute atomic E-state index is 12.3. The van der Waals surface area contributed by atoms with Gasteiger partial charge in [-0.1, -0.05) is 17.7 Å². The number of carbonyl (C=O) groups excluding carboxylic acids is 3. The third-order valence-corrected chi connectivity index (χ3v) is 4.25. The zero-order valence-electron chi connectivity index (χ0n) is 16.5. The number of carbonyl (C=O) groups is 3. The Labute approximate surface area is 160 Å². The van der Waals surface area contributed by atoms with Crippen molar-refractivity contribution < 1.29 is 19.1 Å². The number of piperidine rings is 1. The van der Waals surface area contributed by atoms with Gasteiger partial charge < -0.3 is 20.3 Å². The monoisotopic (exact) mass is 375 g/mol. The Bertz CT molecular complexity index is 689. The molecule has 0 radical (unpaired) electrons. The van der Waals surface area contributed by atoms with Crippen LogP contribution in [0, 0.1) is 6.92 Å². The minimum atomic E-state index is -0.601. The largest absolute Gasteiger partial charge is 0.444 e. The summed E-state index contributed by atoms with van der Waals surface area (Å²) in [6.07, 6.45) is 0.780. The molecule has 0 bridgehead atoms. The molecule has 1 aliphatic heterocycles. The molecule has 0 aromatic heterocycles. The Morgan fingerprint density at radius 3 is 2.44 bits per heavy atom. The number of benzene rings is 1. The van der Waals surface area contributed by atoms with E-state index in [0.29, 0.717) is 31.5 Å². The fraction of sp³-hybridized carbons (Fsp3) is 0.550. The van der Waals surface area contributed by atoms with Crippen LogP contribution in [0.25, 0.3) is 0 Å². The molecule has 0 aliphatic carbocycles. The number of likely N-dealkylation sites (tertiary alicyclic amines) is 1. The van der Waals surface area contributed by atoms with Crippen LogP contribution in [0.3, 0.4) is 0 Å². The quantitative estimate of drug-likeness (QED) is 0.845. The second kappa shape index (κ2) is 8.88. The minimum Gasteiger partial charge on any atom is -0.444 e. The summed E-state index contributed by atoms with van der Waals surface area (Å²) in [5, 5.41) is 5.52. The van der Waals surface area contributed by atoms with Crippen molar-refractivity contribution >= 4 is 17.9 Å². The molecule has 27 heavy (non-hydrogen) atoms. The summed E-state index contributed by atoms with van der Waals surface area (Å²) in [5.74, 6) is -0.237. The lowest BCUT2D eigenvalue weighted by atomic mass is 10.0. The third-order valence-electron chi connectivity index (χ3n) is 4.25. The summed E-state index contributed by atoms with van der Waals surface area (Å²) >= 11 is 0. The van der Waals surface area contributed by atoms with Crippen LogP contribution < -0.4 is 10.6 Å². The third kappa shape index (κ3) is 6.92. The van der Waals surface area contributed by atoms with Crippen LogP contribution in [0.4, 0.5) is 4.79 Å². The molecule has 3 amide bonds. The molecule has 1 aliphatic rings. The van der Waals surface area contributed by atoms with Crippen molar-refractivity contribution in [2.24, 2.45) is 0 Å². The van der Waals surface area contributed by atoms with Crippen molar-refractivity contribution in [3.63, 3.8) is 0 Å². The van der Waals surface area contributed by atoms with Crippen molar-refractivity contribution in [1.29, 1.82) is 0 Å². The van der Waals surface area contributed by atoms with Crippen molar-refractivity contribution in [1.82, 2.24) is 15.5 Å². The molecule has 7 heteroatoms. The van der Waals surface area contributed by atoms with Gasteiger partial charge in [0, 0.05) is 24.7 Å².